The number of nitrogens with zero attached hydrogens (tertiary/aromatic N) is 3. The van der Waals surface area contributed by atoms with Crippen molar-refractivity contribution in [3.8, 4) is 11.5 Å². The van der Waals surface area contributed by atoms with Gasteiger partial charge in [0.2, 0.25) is 0 Å². The van der Waals surface area contributed by atoms with E-state index in [1.807, 2.05) is 67.1 Å². The summed E-state index contributed by atoms with van der Waals surface area (Å²) < 4.78 is 7.39. The first kappa shape index (κ1) is 23.4. The van der Waals surface area contributed by atoms with Crippen molar-refractivity contribution in [3.05, 3.63) is 84.2 Å². The summed E-state index contributed by atoms with van der Waals surface area (Å²) in [5.74, 6) is 1.07. The van der Waals surface area contributed by atoms with Gasteiger partial charge in [0.05, 0.1) is 35.7 Å². The zero-order chi connectivity index (χ0) is 24.0. The Morgan fingerprint density at radius 2 is 1.82 bits per heavy atom. The molecule has 3 aromatic carbocycles. The van der Waals surface area contributed by atoms with Crippen molar-refractivity contribution in [1.29, 1.82) is 0 Å². The number of hydrogen-bond donors (Lipinski definition) is 2. The van der Waals surface area contributed by atoms with E-state index in [1.54, 1.807) is 13.2 Å². The SMILES string of the molecule is COc1ccc(CNc2cc(CC=NC(C)(C)CCn3cnc4ccccc43)ccc2O)cc1. The highest BCUT2D eigenvalue weighted by atomic mass is 16.5. The quantitative estimate of drug-likeness (QED) is 0.232. The molecule has 0 bridgehead atoms. The molecule has 6 nitrogen and oxygen atoms in total. The van der Waals surface area contributed by atoms with Crippen LogP contribution in [0.2, 0.25) is 0 Å². The van der Waals surface area contributed by atoms with Gasteiger partial charge in [-0.05, 0) is 67.8 Å². The van der Waals surface area contributed by atoms with Gasteiger partial charge in [-0.25, -0.2) is 4.98 Å². The third kappa shape index (κ3) is 5.95. The first-order valence-electron chi connectivity index (χ1n) is 11.6. The third-order valence-corrected chi connectivity index (χ3v) is 5.96. The number of benzene rings is 3. The molecule has 0 radical (unpaired) electrons. The van der Waals surface area contributed by atoms with E-state index in [0.29, 0.717) is 18.7 Å². The van der Waals surface area contributed by atoms with Gasteiger partial charge >= 0.3 is 0 Å². The minimum absolute atomic E-state index is 0.183. The standard InChI is InChI=1S/C28H32N4O2/c1-28(2,15-17-32-20-30-24-6-4-5-7-26(24)32)31-16-14-21-10-13-27(33)25(18-21)29-19-22-8-11-23(34-3)12-9-22/h4-13,16,18,20,29,33H,14-15,17,19H2,1-3H3. The van der Waals surface area contributed by atoms with E-state index >= 15 is 0 Å². The van der Waals surface area contributed by atoms with Crippen LogP contribution in [0.3, 0.4) is 0 Å². The number of aromatic hydroxyl groups is 1. The van der Waals surface area contributed by atoms with Crippen LogP contribution >= 0.6 is 0 Å². The highest BCUT2D eigenvalue weighted by Gasteiger charge is 2.16. The topological polar surface area (TPSA) is 71.7 Å². The molecule has 34 heavy (non-hydrogen) atoms. The summed E-state index contributed by atoms with van der Waals surface area (Å²) in [5, 5.41) is 13.6. The fraction of sp³-hybridized carbons (Fsp3) is 0.286. The van der Waals surface area contributed by atoms with Crippen molar-refractivity contribution in [2.45, 2.75) is 45.3 Å². The number of aryl methyl sites for hydroxylation is 1. The molecule has 0 aliphatic rings. The van der Waals surface area contributed by atoms with Crippen LogP contribution in [0, 0.1) is 0 Å². The van der Waals surface area contributed by atoms with Crippen LogP contribution in [-0.2, 0) is 19.5 Å². The fourth-order valence-electron chi connectivity index (χ4n) is 3.84. The van der Waals surface area contributed by atoms with Gasteiger partial charge in [0, 0.05) is 25.7 Å². The average molecular weight is 457 g/mol. The van der Waals surface area contributed by atoms with Gasteiger partial charge in [-0.3, -0.25) is 4.99 Å². The fourth-order valence-corrected chi connectivity index (χ4v) is 3.84. The van der Waals surface area contributed by atoms with Gasteiger partial charge in [0.1, 0.15) is 11.5 Å². The number of ether oxygens (including phenoxy) is 1. The van der Waals surface area contributed by atoms with Gasteiger partial charge in [-0.15, -0.1) is 0 Å². The molecular weight excluding hydrogens is 424 g/mol. The normalized spacial score (nSPS) is 11.9. The van der Waals surface area contributed by atoms with Crippen LogP contribution in [0.15, 0.2) is 78.0 Å². The average Bonchev–Trinajstić information content (AvgIpc) is 3.26. The number of fused-ring (bicyclic) bond motifs is 1. The summed E-state index contributed by atoms with van der Waals surface area (Å²) in [7, 11) is 1.66. The Balaban J connectivity index is 1.33. The van der Waals surface area contributed by atoms with E-state index in [2.05, 4.69) is 34.8 Å². The summed E-state index contributed by atoms with van der Waals surface area (Å²) in [6.45, 7) is 5.79. The van der Waals surface area contributed by atoms with Crippen molar-refractivity contribution in [2.75, 3.05) is 12.4 Å². The smallest absolute Gasteiger partial charge is 0.138 e. The number of aromatic nitrogens is 2. The number of aliphatic imine (C=N–C) groups is 1. The lowest BCUT2D eigenvalue weighted by molar-refractivity contribution is 0.414. The molecular formula is C28H32N4O2. The number of phenolic OH excluding ortho intramolecular Hbond substituents is 1. The predicted octanol–water partition coefficient (Wildman–Crippen LogP) is 5.84. The van der Waals surface area contributed by atoms with E-state index in [9.17, 15) is 5.11 Å². The lowest BCUT2D eigenvalue weighted by Gasteiger charge is -2.20. The number of rotatable bonds is 10. The van der Waals surface area contributed by atoms with Crippen molar-refractivity contribution >= 4 is 22.9 Å². The Labute approximate surface area is 201 Å². The van der Waals surface area contributed by atoms with E-state index in [1.165, 1.54) is 0 Å². The van der Waals surface area contributed by atoms with Crippen molar-refractivity contribution in [1.82, 2.24) is 9.55 Å². The molecule has 0 fully saturated rings. The van der Waals surface area contributed by atoms with Crippen LogP contribution in [0.5, 0.6) is 11.5 Å². The Hall–Kier alpha value is -3.80. The molecule has 6 heteroatoms. The first-order valence-corrected chi connectivity index (χ1v) is 11.6. The Bertz CT molecular complexity index is 1260. The molecule has 0 amide bonds. The molecule has 0 saturated carbocycles. The lowest BCUT2D eigenvalue weighted by atomic mass is 10.0. The molecule has 0 spiro atoms. The maximum Gasteiger partial charge on any atom is 0.138 e. The molecule has 1 heterocycles. The van der Waals surface area contributed by atoms with Crippen molar-refractivity contribution in [3.63, 3.8) is 0 Å². The number of imidazole rings is 1. The number of nitrogens with one attached hydrogen (secondary N) is 1. The van der Waals surface area contributed by atoms with Crippen LogP contribution in [-0.4, -0.2) is 33.5 Å². The van der Waals surface area contributed by atoms with Crippen molar-refractivity contribution in [2.24, 2.45) is 4.99 Å². The van der Waals surface area contributed by atoms with Gasteiger partial charge in [0.25, 0.3) is 0 Å². The Morgan fingerprint density at radius 1 is 1.06 bits per heavy atom. The number of para-hydroxylation sites is 2. The first-order chi connectivity index (χ1) is 16.4. The highest BCUT2D eigenvalue weighted by Crippen LogP contribution is 2.25. The predicted molar refractivity (Wildman–Crippen MR) is 139 cm³/mol. The van der Waals surface area contributed by atoms with Crippen LogP contribution in [0.4, 0.5) is 5.69 Å². The van der Waals surface area contributed by atoms with E-state index in [0.717, 1.165) is 40.9 Å². The van der Waals surface area contributed by atoms with Crippen molar-refractivity contribution < 1.29 is 9.84 Å². The largest absolute Gasteiger partial charge is 0.506 e. The van der Waals surface area contributed by atoms with Crippen LogP contribution in [0.1, 0.15) is 31.4 Å². The van der Waals surface area contributed by atoms with Gasteiger partial charge in [-0.1, -0.05) is 30.3 Å². The minimum Gasteiger partial charge on any atom is -0.506 e. The van der Waals surface area contributed by atoms with Gasteiger partial charge < -0.3 is 19.7 Å². The zero-order valence-corrected chi connectivity index (χ0v) is 20.0. The molecule has 1 aromatic heterocycles. The van der Waals surface area contributed by atoms with E-state index in [-0.39, 0.29) is 11.3 Å². The molecule has 2 N–H and O–H groups in total. The molecule has 0 aliphatic carbocycles. The molecule has 176 valence electrons. The minimum atomic E-state index is -0.183. The Kier molecular flexibility index (Phi) is 7.16. The molecule has 0 atom stereocenters. The monoisotopic (exact) mass is 456 g/mol. The number of hydrogen-bond acceptors (Lipinski definition) is 5. The summed E-state index contributed by atoms with van der Waals surface area (Å²) in [4.78, 5) is 9.31. The van der Waals surface area contributed by atoms with Gasteiger partial charge in [0.15, 0.2) is 0 Å². The molecule has 4 rings (SSSR count). The maximum absolute atomic E-state index is 10.3. The van der Waals surface area contributed by atoms with Crippen LogP contribution < -0.4 is 10.1 Å². The molecule has 0 unspecified atom stereocenters. The second-order valence-electron chi connectivity index (χ2n) is 9.06. The molecule has 4 aromatic rings. The summed E-state index contributed by atoms with van der Waals surface area (Å²) >= 11 is 0. The van der Waals surface area contributed by atoms with Gasteiger partial charge in [-0.2, -0.15) is 0 Å². The number of methoxy groups -OCH3 is 1. The lowest BCUT2D eigenvalue weighted by Crippen LogP contribution is -2.19. The summed E-state index contributed by atoms with van der Waals surface area (Å²) in [5.41, 5.74) is 4.91. The summed E-state index contributed by atoms with van der Waals surface area (Å²) in [6.07, 6.45) is 5.50. The molecule has 0 aliphatic heterocycles. The second kappa shape index (κ2) is 10.4. The van der Waals surface area contributed by atoms with E-state index < -0.39 is 0 Å². The van der Waals surface area contributed by atoms with Crippen LogP contribution in [0.25, 0.3) is 11.0 Å². The summed E-state index contributed by atoms with van der Waals surface area (Å²) in [6, 6.07) is 21.7. The third-order valence-electron chi connectivity index (χ3n) is 5.96. The number of anilines is 1. The maximum atomic E-state index is 10.3. The van der Waals surface area contributed by atoms with E-state index in [4.69, 9.17) is 9.73 Å². The second-order valence-corrected chi connectivity index (χ2v) is 9.06. The zero-order valence-electron chi connectivity index (χ0n) is 20.0. The Morgan fingerprint density at radius 3 is 2.62 bits per heavy atom. The number of phenols is 1. The molecule has 0 saturated heterocycles. The highest BCUT2D eigenvalue weighted by molar-refractivity contribution is 5.74.